The zero-order valence-corrected chi connectivity index (χ0v) is 8.47. The zero-order chi connectivity index (χ0) is 7.40. The van der Waals surface area contributed by atoms with Crippen molar-refractivity contribution in [3.05, 3.63) is 35.9 Å². The zero-order valence-electron chi connectivity index (χ0n) is 5.88. The van der Waals surface area contributed by atoms with Gasteiger partial charge in [-0.3, -0.25) is 4.79 Å². The van der Waals surface area contributed by atoms with Crippen LogP contribution in [0.25, 0.3) is 0 Å². The van der Waals surface area contributed by atoms with Gasteiger partial charge < -0.3 is 0 Å². The van der Waals surface area contributed by atoms with Gasteiger partial charge in [-0.1, -0.05) is 46.3 Å². The monoisotopic (exact) mass is 232 g/mol. The van der Waals surface area contributed by atoms with Crippen LogP contribution >= 0.6 is 29.4 Å². The molecule has 0 saturated carbocycles. The predicted molar refractivity (Wildman–Crippen MR) is 54.9 cm³/mol. The first-order chi connectivity index (χ1) is 4.84. The number of hydrogen-bond donors (Lipinski definition) is 0. The van der Waals surface area contributed by atoms with Gasteiger partial charge in [0.1, 0.15) is 0 Å². The number of rotatable bonds is 2. The quantitative estimate of drug-likeness (QED) is 0.566. The molecule has 0 radical (unpaired) electrons. The third-order valence-electron chi connectivity index (χ3n) is 1.22. The van der Waals surface area contributed by atoms with Gasteiger partial charge in [-0.25, -0.2) is 0 Å². The van der Waals surface area contributed by atoms with Crippen LogP contribution in [0.4, 0.5) is 0 Å². The third kappa shape index (κ3) is 3.08. The maximum Gasteiger partial charge on any atom is 0.173 e. The fourth-order valence-corrected chi connectivity index (χ4v) is 1.02. The van der Waals surface area contributed by atoms with Crippen molar-refractivity contribution in [1.82, 2.24) is 0 Å². The molecule has 0 heterocycles. The summed E-state index contributed by atoms with van der Waals surface area (Å²) in [6.07, 6.45) is 0. The summed E-state index contributed by atoms with van der Waals surface area (Å²) >= 11 is 3.10. The van der Waals surface area contributed by atoms with Crippen LogP contribution in [0.1, 0.15) is 10.4 Å². The Balaban J connectivity index is 0.000001000. The average molecular weight is 233 g/mol. The molecule has 1 aromatic carbocycles. The lowest BCUT2D eigenvalue weighted by atomic mass is 10.2. The molecular weight excluding hydrogens is 224 g/mol. The Hall–Kier alpha value is -0.280. The lowest BCUT2D eigenvalue weighted by molar-refractivity contribution is 0.102. The lowest BCUT2D eigenvalue weighted by Crippen LogP contribution is -1.98. The van der Waals surface area contributed by atoms with Gasteiger partial charge in [0.15, 0.2) is 5.78 Å². The number of Topliss-reactive ketones (excluding diaryl/α,β-unsaturated/α-hetero) is 1. The van der Waals surface area contributed by atoms with Gasteiger partial charge in [0.25, 0.3) is 0 Å². The molecule has 0 fully saturated rings. The second-order valence-electron chi connectivity index (χ2n) is 1.92. The molecule has 0 aromatic heterocycles. The summed E-state index contributed by atoms with van der Waals surface area (Å²) in [5.74, 6) is 0.126. The molecule has 0 bridgehead atoms. The van der Waals surface area contributed by atoms with Gasteiger partial charge in [-0.05, 0) is 0 Å². The topological polar surface area (TPSA) is 17.1 Å². The van der Waals surface area contributed by atoms with Crippen molar-refractivity contribution in [2.75, 3.05) is 5.33 Å². The van der Waals surface area contributed by atoms with Crippen LogP contribution in [0, 0.1) is 0 Å². The number of carbonyl (C=O) groups excluding carboxylic acids is 1. The van der Waals surface area contributed by atoms with E-state index in [9.17, 15) is 4.79 Å². The fraction of sp³-hybridized carbons (Fsp3) is 0.125. The van der Waals surface area contributed by atoms with E-state index in [0.29, 0.717) is 5.33 Å². The van der Waals surface area contributed by atoms with E-state index in [1.165, 1.54) is 0 Å². The maximum atomic E-state index is 11.0. The van der Waals surface area contributed by atoms with Crippen LogP contribution < -0.4 is 0 Å². The highest BCUT2D eigenvalue weighted by Gasteiger charge is 1.99. The van der Waals surface area contributed by atoms with Crippen LogP contribution in [0.15, 0.2) is 30.3 Å². The minimum atomic E-state index is 0. The first kappa shape index (κ1) is 10.7. The minimum Gasteiger partial charge on any atom is -0.293 e. The molecule has 60 valence electrons. The second kappa shape index (κ2) is 5.38. The van der Waals surface area contributed by atoms with Crippen molar-refractivity contribution in [3.8, 4) is 0 Å². The van der Waals surface area contributed by atoms with Crippen molar-refractivity contribution < 1.29 is 4.79 Å². The third-order valence-corrected chi connectivity index (χ3v) is 1.73. The Morgan fingerprint density at radius 2 is 1.82 bits per heavy atom. The number of ketones is 1. The minimum absolute atomic E-state index is 0. The van der Waals surface area contributed by atoms with Gasteiger partial charge in [0.2, 0.25) is 0 Å². The highest BCUT2D eigenvalue weighted by atomic mass is 79.9. The first-order valence-corrected chi connectivity index (χ1v) is 4.11. The van der Waals surface area contributed by atoms with Crippen molar-refractivity contribution in [1.29, 1.82) is 0 Å². The summed E-state index contributed by atoms with van der Waals surface area (Å²) in [5, 5.41) is 0.400. The van der Waals surface area contributed by atoms with Crippen LogP contribution in [-0.4, -0.2) is 11.1 Å². The van der Waals surface area contributed by atoms with Gasteiger partial charge >= 0.3 is 0 Å². The summed E-state index contributed by atoms with van der Waals surface area (Å²) in [6, 6.07) is 9.23. The van der Waals surface area contributed by atoms with Crippen LogP contribution in [0.2, 0.25) is 0 Å². The standard InChI is InChI=1S/C8H7BrO.H2S/c9-6-8(10)7-4-2-1-3-5-7;/h1-5H,6H2;1H2. The Labute approximate surface area is 81.4 Å². The molecule has 0 atom stereocenters. The van der Waals surface area contributed by atoms with E-state index in [1.54, 1.807) is 0 Å². The molecular formula is C8H9BrOS. The average Bonchev–Trinajstić information content (AvgIpc) is 2.05. The van der Waals surface area contributed by atoms with Crippen LogP contribution in [0.3, 0.4) is 0 Å². The molecule has 1 nitrogen and oxygen atoms in total. The maximum absolute atomic E-state index is 11.0. The molecule has 0 aliphatic heterocycles. The van der Waals surface area contributed by atoms with E-state index < -0.39 is 0 Å². The number of alkyl halides is 1. The SMILES string of the molecule is O=C(CBr)c1ccccc1.S. The summed E-state index contributed by atoms with van der Waals surface area (Å²) in [7, 11) is 0. The van der Waals surface area contributed by atoms with E-state index in [0.717, 1.165) is 5.56 Å². The van der Waals surface area contributed by atoms with Crippen molar-refractivity contribution in [2.45, 2.75) is 0 Å². The van der Waals surface area contributed by atoms with Crippen molar-refractivity contribution >= 4 is 35.2 Å². The molecule has 1 rings (SSSR count). The van der Waals surface area contributed by atoms with Crippen molar-refractivity contribution in [2.24, 2.45) is 0 Å². The van der Waals surface area contributed by atoms with E-state index >= 15 is 0 Å². The lowest BCUT2D eigenvalue weighted by Gasteiger charge is -1.92. The molecule has 0 N–H and O–H groups in total. The van der Waals surface area contributed by atoms with E-state index in [4.69, 9.17) is 0 Å². The Kier molecular flexibility index (Phi) is 5.24. The summed E-state index contributed by atoms with van der Waals surface area (Å²) < 4.78 is 0. The highest BCUT2D eigenvalue weighted by molar-refractivity contribution is 9.09. The van der Waals surface area contributed by atoms with E-state index in [1.807, 2.05) is 30.3 Å². The molecule has 11 heavy (non-hydrogen) atoms. The molecule has 0 aliphatic rings. The molecule has 0 spiro atoms. The van der Waals surface area contributed by atoms with Gasteiger partial charge in [-0.15, -0.1) is 0 Å². The number of benzene rings is 1. The smallest absolute Gasteiger partial charge is 0.173 e. The van der Waals surface area contributed by atoms with Crippen LogP contribution in [0.5, 0.6) is 0 Å². The molecule has 1 aromatic rings. The molecule has 0 unspecified atom stereocenters. The van der Waals surface area contributed by atoms with Crippen molar-refractivity contribution in [3.63, 3.8) is 0 Å². The molecule has 0 aliphatic carbocycles. The van der Waals surface area contributed by atoms with E-state index in [-0.39, 0.29) is 19.3 Å². The Bertz CT molecular complexity index is 223. The summed E-state index contributed by atoms with van der Waals surface area (Å²) in [6.45, 7) is 0. The summed E-state index contributed by atoms with van der Waals surface area (Å²) in [5.41, 5.74) is 0.763. The normalized spacial score (nSPS) is 8.45. The first-order valence-electron chi connectivity index (χ1n) is 2.99. The molecule has 3 heteroatoms. The summed E-state index contributed by atoms with van der Waals surface area (Å²) in [4.78, 5) is 11.0. The number of halogens is 1. The Morgan fingerprint density at radius 3 is 2.27 bits per heavy atom. The van der Waals surface area contributed by atoms with Crippen LogP contribution in [-0.2, 0) is 0 Å². The Morgan fingerprint density at radius 1 is 1.27 bits per heavy atom. The van der Waals surface area contributed by atoms with Gasteiger partial charge in [-0.2, -0.15) is 13.5 Å². The number of hydrogen-bond acceptors (Lipinski definition) is 1. The molecule has 0 saturated heterocycles. The number of carbonyl (C=O) groups is 1. The van der Waals surface area contributed by atoms with Gasteiger partial charge in [0, 0.05) is 5.56 Å². The molecule has 0 amide bonds. The fourth-order valence-electron chi connectivity index (χ4n) is 0.701. The second-order valence-corrected chi connectivity index (χ2v) is 2.48. The predicted octanol–water partition coefficient (Wildman–Crippen LogP) is 2.38. The van der Waals surface area contributed by atoms with Gasteiger partial charge in [0.05, 0.1) is 5.33 Å². The largest absolute Gasteiger partial charge is 0.293 e. The highest BCUT2D eigenvalue weighted by Crippen LogP contribution is 2.01. The van der Waals surface area contributed by atoms with E-state index in [2.05, 4.69) is 15.9 Å².